The fourth-order valence-electron chi connectivity index (χ4n) is 3.91. The van der Waals surface area contributed by atoms with Crippen LogP contribution in [0.1, 0.15) is 22.3 Å². The first-order valence-corrected chi connectivity index (χ1v) is 9.08. The molecule has 4 aromatic rings. The topological polar surface area (TPSA) is 50.5 Å². The maximum Gasteiger partial charge on any atom is 0.349 e. The zero-order valence-corrected chi connectivity index (χ0v) is 14.6. The quantitative estimate of drug-likeness (QED) is 0.372. The van der Waals surface area contributed by atoms with Crippen LogP contribution in [0.4, 0.5) is 5.69 Å². The van der Waals surface area contributed by atoms with Crippen LogP contribution in [-0.4, -0.2) is 12.5 Å². The number of carbonyl (C=O) groups is 1. The number of hydrogen-bond acceptors (Lipinski definition) is 3. The van der Waals surface area contributed by atoms with Crippen LogP contribution in [0.5, 0.6) is 0 Å². The Morgan fingerprint density at radius 2 is 1.74 bits per heavy atom. The molecule has 27 heavy (non-hydrogen) atoms. The Labute approximate surface area is 155 Å². The third kappa shape index (κ3) is 2.53. The molecule has 0 fully saturated rings. The van der Waals surface area contributed by atoms with E-state index in [-0.39, 0.29) is 11.5 Å². The van der Waals surface area contributed by atoms with Crippen molar-refractivity contribution in [2.45, 2.75) is 12.8 Å². The highest BCUT2D eigenvalue weighted by Crippen LogP contribution is 2.29. The van der Waals surface area contributed by atoms with Gasteiger partial charge in [0.2, 0.25) is 0 Å². The van der Waals surface area contributed by atoms with Gasteiger partial charge in [0.1, 0.15) is 11.1 Å². The summed E-state index contributed by atoms with van der Waals surface area (Å²) in [5.74, 6) is -0.300. The summed E-state index contributed by atoms with van der Waals surface area (Å²) in [6.07, 6.45) is 1.82. The van der Waals surface area contributed by atoms with Crippen LogP contribution in [-0.2, 0) is 6.42 Å². The summed E-state index contributed by atoms with van der Waals surface area (Å²) in [4.78, 5) is 27.5. The molecule has 0 atom stereocenters. The van der Waals surface area contributed by atoms with Gasteiger partial charge in [-0.15, -0.1) is 0 Å². The molecule has 0 N–H and O–H groups in total. The number of hydrogen-bond donors (Lipinski definition) is 0. The van der Waals surface area contributed by atoms with Crippen molar-refractivity contribution in [3.63, 3.8) is 0 Å². The summed E-state index contributed by atoms with van der Waals surface area (Å²) in [7, 11) is 0. The fraction of sp³-hybridized carbons (Fsp3) is 0.130. The minimum atomic E-state index is -0.592. The number of benzene rings is 3. The average Bonchev–Trinajstić information content (AvgIpc) is 2.72. The lowest BCUT2D eigenvalue weighted by atomic mass is 10.0. The molecule has 1 aliphatic rings. The number of amides is 1. The molecule has 0 spiro atoms. The van der Waals surface area contributed by atoms with Gasteiger partial charge in [-0.3, -0.25) is 4.79 Å². The van der Waals surface area contributed by atoms with E-state index in [1.807, 2.05) is 54.6 Å². The van der Waals surface area contributed by atoms with E-state index in [0.29, 0.717) is 12.1 Å². The van der Waals surface area contributed by atoms with Gasteiger partial charge < -0.3 is 9.32 Å². The second-order valence-electron chi connectivity index (χ2n) is 6.84. The third-order valence-electron chi connectivity index (χ3n) is 5.23. The van der Waals surface area contributed by atoms with Gasteiger partial charge in [-0.05, 0) is 47.4 Å². The Bertz CT molecular complexity index is 1260. The van der Waals surface area contributed by atoms with Crippen molar-refractivity contribution in [3.8, 4) is 0 Å². The van der Waals surface area contributed by atoms with Crippen molar-refractivity contribution in [2.24, 2.45) is 0 Å². The predicted octanol–water partition coefficient (Wildman–Crippen LogP) is 4.54. The van der Waals surface area contributed by atoms with Gasteiger partial charge in [-0.1, -0.05) is 48.5 Å². The van der Waals surface area contributed by atoms with Gasteiger partial charge in [-0.2, -0.15) is 0 Å². The minimum absolute atomic E-state index is 0.0792. The monoisotopic (exact) mass is 355 g/mol. The van der Waals surface area contributed by atoms with Crippen LogP contribution in [0.3, 0.4) is 0 Å². The fourth-order valence-corrected chi connectivity index (χ4v) is 3.91. The molecule has 2 heterocycles. The van der Waals surface area contributed by atoms with Crippen LogP contribution < -0.4 is 10.5 Å². The highest BCUT2D eigenvalue weighted by atomic mass is 16.4. The van der Waals surface area contributed by atoms with E-state index < -0.39 is 5.63 Å². The maximum absolute atomic E-state index is 13.2. The number of rotatable bonds is 1. The first kappa shape index (κ1) is 15.8. The Morgan fingerprint density at radius 1 is 0.926 bits per heavy atom. The predicted molar refractivity (Wildman–Crippen MR) is 106 cm³/mol. The lowest BCUT2D eigenvalue weighted by Gasteiger charge is -2.29. The number of anilines is 1. The molecule has 0 saturated heterocycles. The van der Waals surface area contributed by atoms with Gasteiger partial charge in [0, 0.05) is 17.6 Å². The number of fused-ring (bicyclic) bond motifs is 4. The molecule has 0 saturated carbocycles. The molecule has 1 aromatic heterocycles. The SMILES string of the molecule is O=C(c1cc2c(ccc3ccccc32)oc1=O)N1CCCc2ccccc21. The van der Waals surface area contributed by atoms with E-state index in [4.69, 9.17) is 4.42 Å². The Balaban J connectivity index is 1.69. The zero-order chi connectivity index (χ0) is 18.4. The standard InChI is InChI=1S/C23H17NO3/c25-22(24-13-5-8-16-7-2-4-10-20(16)24)19-14-18-17-9-3-1-6-15(17)11-12-21(18)27-23(19)26/h1-4,6-7,9-12,14H,5,8,13H2. The Hall–Kier alpha value is -3.40. The first-order valence-electron chi connectivity index (χ1n) is 9.08. The van der Waals surface area contributed by atoms with Gasteiger partial charge in [0.15, 0.2) is 0 Å². The second kappa shape index (κ2) is 6.09. The molecular weight excluding hydrogens is 338 g/mol. The summed E-state index contributed by atoms with van der Waals surface area (Å²) < 4.78 is 5.50. The van der Waals surface area contributed by atoms with Crippen LogP contribution in [0.15, 0.2) is 75.9 Å². The Morgan fingerprint density at radius 3 is 2.67 bits per heavy atom. The molecule has 132 valence electrons. The molecule has 1 amide bonds. The van der Waals surface area contributed by atoms with Crippen molar-refractivity contribution in [1.29, 1.82) is 0 Å². The van der Waals surface area contributed by atoms with Crippen LogP contribution in [0.25, 0.3) is 21.7 Å². The van der Waals surface area contributed by atoms with Crippen molar-refractivity contribution < 1.29 is 9.21 Å². The number of carbonyl (C=O) groups excluding carboxylic acids is 1. The van der Waals surface area contributed by atoms with Gasteiger partial charge in [0.25, 0.3) is 5.91 Å². The molecule has 0 radical (unpaired) electrons. The number of aryl methyl sites for hydroxylation is 1. The molecule has 4 heteroatoms. The highest BCUT2D eigenvalue weighted by Gasteiger charge is 2.26. The first-order chi connectivity index (χ1) is 13.2. The molecule has 3 aromatic carbocycles. The van der Waals surface area contributed by atoms with Crippen LogP contribution >= 0.6 is 0 Å². The molecule has 0 aliphatic carbocycles. The molecule has 1 aliphatic heterocycles. The third-order valence-corrected chi connectivity index (χ3v) is 5.23. The molecule has 0 bridgehead atoms. The van der Waals surface area contributed by atoms with E-state index in [2.05, 4.69) is 0 Å². The summed E-state index contributed by atoms with van der Waals surface area (Å²) >= 11 is 0. The van der Waals surface area contributed by atoms with E-state index in [0.717, 1.165) is 40.3 Å². The lowest BCUT2D eigenvalue weighted by molar-refractivity contribution is 0.0981. The second-order valence-corrected chi connectivity index (χ2v) is 6.84. The maximum atomic E-state index is 13.2. The minimum Gasteiger partial charge on any atom is -0.422 e. The smallest absolute Gasteiger partial charge is 0.349 e. The largest absolute Gasteiger partial charge is 0.422 e. The number of para-hydroxylation sites is 1. The molecule has 5 rings (SSSR count). The van der Waals surface area contributed by atoms with E-state index in [1.165, 1.54) is 0 Å². The van der Waals surface area contributed by atoms with Crippen molar-refractivity contribution in [1.82, 2.24) is 0 Å². The van der Waals surface area contributed by atoms with Crippen molar-refractivity contribution >= 4 is 33.3 Å². The van der Waals surface area contributed by atoms with Gasteiger partial charge in [-0.25, -0.2) is 4.79 Å². The zero-order valence-electron chi connectivity index (χ0n) is 14.6. The molecule has 0 unspecified atom stereocenters. The summed E-state index contributed by atoms with van der Waals surface area (Å²) in [6, 6.07) is 21.1. The summed E-state index contributed by atoms with van der Waals surface area (Å²) in [5, 5.41) is 2.79. The van der Waals surface area contributed by atoms with Gasteiger partial charge in [0.05, 0.1) is 0 Å². The van der Waals surface area contributed by atoms with Crippen molar-refractivity contribution in [2.75, 3.05) is 11.4 Å². The normalized spacial score (nSPS) is 13.7. The van der Waals surface area contributed by atoms with Crippen LogP contribution in [0.2, 0.25) is 0 Å². The number of nitrogens with zero attached hydrogens (tertiary/aromatic N) is 1. The van der Waals surface area contributed by atoms with E-state index in [1.54, 1.807) is 17.0 Å². The molecule has 4 nitrogen and oxygen atoms in total. The summed E-state index contributed by atoms with van der Waals surface area (Å²) in [6.45, 7) is 0.600. The van der Waals surface area contributed by atoms with Gasteiger partial charge >= 0.3 is 5.63 Å². The van der Waals surface area contributed by atoms with E-state index in [9.17, 15) is 9.59 Å². The summed E-state index contributed by atoms with van der Waals surface area (Å²) in [5.41, 5.74) is 1.99. The van der Waals surface area contributed by atoms with Crippen molar-refractivity contribution in [3.05, 3.63) is 88.3 Å². The lowest BCUT2D eigenvalue weighted by Crippen LogP contribution is -2.37. The molecular formula is C23H17NO3. The average molecular weight is 355 g/mol. The van der Waals surface area contributed by atoms with E-state index >= 15 is 0 Å². The van der Waals surface area contributed by atoms with Crippen LogP contribution in [0, 0.1) is 0 Å². The highest BCUT2D eigenvalue weighted by molar-refractivity contribution is 6.11. The Kier molecular flexibility index (Phi) is 3.57.